The highest BCUT2D eigenvalue weighted by Gasteiger charge is 2.47. The van der Waals surface area contributed by atoms with Gasteiger partial charge in [-0.25, -0.2) is 4.79 Å². The molecule has 1 aromatic carbocycles. The molecule has 0 radical (unpaired) electrons. The topological polar surface area (TPSA) is 66.4 Å². The molecule has 23 heavy (non-hydrogen) atoms. The zero-order valence-electron chi connectivity index (χ0n) is 12.1. The summed E-state index contributed by atoms with van der Waals surface area (Å²) in [7, 11) is 0. The molecule has 7 heteroatoms. The van der Waals surface area contributed by atoms with E-state index in [1.54, 1.807) is 6.07 Å². The van der Waals surface area contributed by atoms with E-state index in [9.17, 15) is 22.8 Å². The van der Waals surface area contributed by atoms with Crippen molar-refractivity contribution in [3.63, 3.8) is 0 Å². The van der Waals surface area contributed by atoms with Crippen molar-refractivity contribution in [3.05, 3.63) is 35.4 Å². The first-order valence-corrected chi connectivity index (χ1v) is 7.47. The van der Waals surface area contributed by atoms with Crippen molar-refractivity contribution in [2.24, 2.45) is 11.8 Å². The third-order valence-electron chi connectivity index (χ3n) is 4.43. The Balaban J connectivity index is 1.65. The quantitative estimate of drug-likeness (QED) is 0.874. The van der Waals surface area contributed by atoms with E-state index in [0.29, 0.717) is 12.0 Å². The first-order chi connectivity index (χ1) is 10.8. The van der Waals surface area contributed by atoms with Crippen LogP contribution in [0.4, 0.5) is 13.2 Å². The van der Waals surface area contributed by atoms with Gasteiger partial charge in [-0.15, -0.1) is 0 Å². The van der Waals surface area contributed by atoms with Crippen LogP contribution in [0.5, 0.6) is 0 Å². The fourth-order valence-corrected chi connectivity index (χ4v) is 2.87. The maximum Gasteiger partial charge on any atom is 0.416 e. The van der Waals surface area contributed by atoms with E-state index in [1.165, 1.54) is 6.07 Å². The van der Waals surface area contributed by atoms with Crippen molar-refractivity contribution in [1.82, 2.24) is 5.32 Å². The Morgan fingerprint density at radius 2 is 1.96 bits per heavy atom. The van der Waals surface area contributed by atoms with Gasteiger partial charge in [-0.2, -0.15) is 13.2 Å². The number of carboxylic acids is 1. The Labute approximate surface area is 130 Å². The van der Waals surface area contributed by atoms with E-state index in [2.05, 4.69) is 5.32 Å². The Hall–Kier alpha value is -2.05. The normalized spacial score (nSPS) is 24.8. The molecule has 0 aromatic heterocycles. The van der Waals surface area contributed by atoms with Crippen LogP contribution in [0.2, 0.25) is 0 Å². The van der Waals surface area contributed by atoms with Gasteiger partial charge in [0.25, 0.3) is 0 Å². The largest absolute Gasteiger partial charge is 0.480 e. The zero-order chi connectivity index (χ0) is 16.8. The monoisotopic (exact) mass is 327 g/mol. The summed E-state index contributed by atoms with van der Waals surface area (Å²) in [5, 5.41) is 11.6. The summed E-state index contributed by atoms with van der Waals surface area (Å²) in [6.07, 6.45) is -2.41. The van der Waals surface area contributed by atoms with Gasteiger partial charge in [0, 0.05) is 5.92 Å². The molecule has 0 spiro atoms. The van der Waals surface area contributed by atoms with Crippen LogP contribution in [0.25, 0.3) is 0 Å². The number of aliphatic carboxylic acids is 1. The zero-order valence-corrected chi connectivity index (χ0v) is 12.1. The summed E-state index contributed by atoms with van der Waals surface area (Å²) >= 11 is 0. The molecule has 2 N–H and O–H groups in total. The van der Waals surface area contributed by atoms with Crippen molar-refractivity contribution in [2.75, 3.05) is 0 Å². The van der Waals surface area contributed by atoms with Crippen LogP contribution in [-0.4, -0.2) is 23.0 Å². The molecule has 1 amide bonds. The third kappa shape index (κ3) is 3.48. The van der Waals surface area contributed by atoms with E-state index in [1.807, 2.05) is 0 Å². The smallest absolute Gasteiger partial charge is 0.416 e. The van der Waals surface area contributed by atoms with Crippen LogP contribution in [0.1, 0.15) is 36.3 Å². The number of nitrogens with one attached hydrogen (secondary N) is 1. The first kappa shape index (κ1) is 15.8. The van der Waals surface area contributed by atoms with Gasteiger partial charge in [-0.1, -0.05) is 18.2 Å². The van der Waals surface area contributed by atoms with Crippen LogP contribution < -0.4 is 5.32 Å². The molecule has 4 nitrogen and oxygen atoms in total. The number of alkyl halides is 3. The fourth-order valence-electron chi connectivity index (χ4n) is 2.87. The van der Waals surface area contributed by atoms with Crippen LogP contribution >= 0.6 is 0 Å². The van der Waals surface area contributed by atoms with E-state index in [4.69, 9.17) is 5.11 Å². The van der Waals surface area contributed by atoms with E-state index >= 15 is 0 Å². The van der Waals surface area contributed by atoms with Crippen LogP contribution in [-0.2, 0) is 15.8 Å². The number of benzene rings is 1. The molecular formula is C16H16F3NO3. The Kier molecular flexibility index (Phi) is 3.82. The summed E-state index contributed by atoms with van der Waals surface area (Å²) in [5.74, 6) is -2.18. The number of amides is 1. The summed E-state index contributed by atoms with van der Waals surface area (Å²) in [4.78, 5) is 23.2. The van der Waals surface area contributed by atoms with Crippen LogP contribution in [0.3, 0.4) is 0 Å². The molecule has 1 aromatic rings. The highest BCUT2D eigenvalue weighted by Crippen LogP contribution is 2.48. The van der Waals surface area contributed by atoms with Crippen molar-refractivity contribution in [1.29, 1.82) is 0 Å². The van der Waals surface area contributed by atoms with Gasteiger partial charge in [0.1, 0.15) is 6.04 Å². The molecule has 0 heterocycles. The Morgan fingerprint density at radius 1 is 1.26 bits per heavy atom. The predicted molar refractivity (Wildman–Crippen MR) is 74.6 cm³/mol. The Bertz CT molecular complexity index is 640. The van der Waals surface area contributed by atoms with Crippen LogP contribution in [0.15, 0.2) is 24.3 Å². The maximum absolute atomic E-state index is 12.7. The number of carbonyl (C=O) groups is 2. The minimum absolute atomic E-state index is 0.0257. The van der Waals surface area contributed by atoms with Gasteiger partial charge < -0.3 is 10.4 Å². The predicted octanol–water partition coefficient (Wildman–Crippen LogP) is 2.79. The van der Waals surface area contributed by atoms with Gasteiger partial charge in [0.15, 0.2) is 0 Å². The number of hydrogen-bond donors (Lipinski definition) is 2. The lowest BCUT2D eigenvalue weighted by atomic mass is 10.0. The standard InChI is InChI=1S/C16H16F3NO3/c17-16(18,19)10-3-1-2-9(6-10)11-7-12(11)14(21)20-13(15(22)23)8-4-5-8/h1-3,6,8,11-13H,4-5,7H2,(H,20,21)(H,22,23). The lowest BCUT2D eigenvalue weighted by molar-refractivity contribution is -0.142. The molecule has 3 unspecified atom stereocenters. The summed E-state index contributed by atoms with van der Waals surface area (Å²) < 4.78 is 38.2. The van der Waals surface area contributed by atoms with E-state index < -0.39 is 29.7 Å². The minimum atomic E-state index is -4.41. The second-order valence-corrected chi connectivity index (χ2v) is 6.23. The molecule has 2 fully saturated rings. The summed E-state index contributed by atoms with van der Waals surface area (Å²) in [6.45, 7) is 0. The molecule has 0 saturated heterocycles. The number of hydrogen-bond acceptors (Lipinski definition) is 2. The molecule has 3 atom stereocenters. The second-order valence-electron chi connectivity index (χ2n) is 6.23. The Morgan fingerprint density at radius 3 is 2.52 bits per heavy atom. The van der Waals surface area contributed by atoms with Gasteiger partial charge in [0.05, 0.1) is 5.56 Å². The maximum atomic E-state index is 12.7. The molecule has 0 bridgehead atoms. The highest BCUT2D eigenvalue weighted by atomic mass is 19.4. The number of carboxylic acid groups (broad SMARTS) is 1. The van der Waals surface area contributed by atoms with Crippen molar-refractivity contribution in [2.45, 2.75) is 37.4 Å². The molecule has 2 aliphatic rings. The molecule has 3 rings (SSSR count). The van der Waals surface area contributed by atoms with Gasteiger partial charge in [-0.3, -0.25) is 4.79 Å². The fraction of sp³-hybridized carbons (Fsp3) is 0.500. The van der Waals surface area contributed by atoms with Crippen molar-refractivity contribution < 1.29 is 27.9 Å². The molecular weight excluding hydrogens is 311 g/mol. The molecule has 2 aliphatic carbocycles. The molecule has 124 valence electrons. The van der Waals surface area contributed by atoms with E-state index in [0.717, 1.165) is 25.0 Å². The van der Waals surface area contributed by atoms with E-state index in [-0.39, 0.29) is 17.7 Å². The van der Waals surface area contributed by atoms with Gasteiger partial charge in [-0.05, 0) is 42.7 Å². The van der Waals surface area contributed by atoms with Crippen molar-refractivity contribution >= 4 is 11.9 Å². The first-order valence-electron chi connectivity index (χ1n) is 7.47. The highest BCUT2D eigenvalue weighted by molar-refractivity contribution is 5.87. The minimum Gasteiger partial charge on any atom is -0.480 e. The summed E-state index contributed by atoms with van der Waals surface area (Å²) in [5.41, 5.74) is -0.263. The van der Waals surface area contributed by atoms with Crippen LogP contribution in [0, 0.1) is 11.8 Å². The average molecular weight is 327 g/mol. The summed E-state index contributed by atoms with van der Waals surface area (Å²) in [6, 6.07) is 4.07. The average Bonchev–Trinajstić information content (AvgIpc) is 3.36. The third-order valence-corrected chi connectivity index (χ3v) is 4.43. The molecule has 0 aliphatic heterocycles. The number of halogens is 3. The number of carbonyl (C=O) groups excluding carboxylic acids is 1. The SMILES string of the molecule is O=C(NC(C(=O)O)C1CC1)C1CC1c1cccc(C(F)(F)F)c1. The lowest BCUT2D eigenvalue weighted by Gasteiger charge is -2.13. The lowest BCUT2D eigenvalue weighted by Crippen LogP contribution is -2.43. The van der Waals surface area contributed by atoms with Gasteiger partial charge in [0.2, 0.25) is 5.91 Å². The van der Waals surface area contributed by atoms with Crippen molar-refractivity contribution in [3.8, 4) is 0 Å². The van der Waals surface area contributed by atoms with Gasteiger partial charge >= 0.3 is 12.1 Å². The second kappa shape index (κ2) is 5.54. The molecule has 2 saturated carbocycles. The number of rotatable bonds is 5.